The topological polar surface area (TPSA) is 86.8 Å². The summed E-state index contributed by atoms with van der Waals surface area (Å²) in [7, 11) is -3.59. The van der Waals surface area contributed by atoms with E-state index in [1.54, 1.807) is 29.2 Å². The quantitative estimate of drug-likeness (QED) is 0.262. The molecule has 220 valence electrons. The van der Waals surface area contributed by atoms with Gasteiger partial charge in [0.1, 0.15) is 6.04 Å². The minimum Gasteiger partial charge on any atom is -0.354 e. The molecule has 7 nitrogen and oxygen atoms in total. The van der Waals surface area contributed by atoms with E-state index in [0.717, 1.165) is 22.9 Å². The molecule has 41 heavy (non-hydrogen) atoms. The van der Waals surface area contributed by atoms with Crippen LogP contribution in [0, 0.1) is 12.8 Å². The minimum absolute atomic E-state index is 0.0776. The first-order valence-electron chi connectivity index (χ1n) is 13.8. The number of sulfonamides is 1. The number of carbonyl (C=O) groups is 2. The van der Waals surface area contributed by atoms with Crippen LogP contribution < -0.4 is 9.62 Å². The highest BCUT2D eigenvalue weighted by Crippen LogP contribution is 2.22. The number of rotatable bonds is 14. The molecule has 1 N–H and O–H groups in total. The van der Waals surface area contributed by atoms with Crippen LogP contribution in [0.2, 0.25) is 5.02 Å². The van der Waals surface area contributed by atoms with Crippen molar-refractivity contribution in [2.45, 2.75) is 52.6 Å². The Kier molecular flexibility index (Phi) is 11.8. The van der Waals surface area contributed by atoms with Gasteiger partial charge in [0.05, 0.1) is 11.9 Å². The van der Waals surface area contributed by atoms with Gasteiger partial charge in [-0.25, -0.2) is 8.42 Å². The van der Waals surface area contributed by atoms with Crippen molar-refractivity contribution in [1.29, 1.82) is 0 Å². The number of halogens is 1. The molecule has 3 aromatic carbocycles. The van der Waals surface area contributed by atoms with E-state index < -0.39 is 16.1 Å². The number of nitrogens with one attached hydrogen (secondary N) is 1. The molecule has 0 spiro atoms. The number of carbonyl (C=O) groups excluding carboxylic acids is 2. The Morgan fingerprint density at radius 2 is 1.59 bits per heavy atom. The van der Waals surface area contributed by atoms with Gasteiger partial charge in [-0.3, -0.25) is 13.9 Å². The number of nitrogens with zero attached hydrogens (tertiary/aromatic N) is 2. The second-order valence-electron chi connectivity index (χ2n) is 10.8. The highest BCUT2D eigenvalue weighted by molar-refractivity contribution is 7.92. The van der Waals surface area contributed by atoms with E-state index >= 15 is 0 Å². The average molecular weight is 598 g/mol. The van der Waals surface area contributed by atoms with Gasteiger partial charge in [0, 0.05) is 37.5 Å². The Balaban J connectivity index is 1.87. The van der Waals surface area contributed by atoms with Crippen LogP contribution in [-0.2, 0) is 32.6 Å². The van der Waals surface area contributed by atoms with Gasteiger partial charge in [-0.15, -0.1) is 0 Å². The molecule has 0 saturated heterocycles. The third kappa shape index (κ3) is 10.2. The second kappa shape index (κ2) is 15.0. The number of anilines is 1. The number of aryl methyl sites for hydroxylation is 1. The lowest BCUT2D eigenvalue weighted by Gasteiger charge is -2.32. The maximum absolute atomic E-state index is 13.9. The molecule has 2 amide bonds. The van der Waals surface area contributed by atoms with E-state index in [9.17, 15) is 18.0 Å². The van der Waals surface area contributed by atoms with Gasteiger partial charge in [0.2, 0.25) is 21.8 Å². The van der Waals surface area contributed by atoms with Gasteiger partial charge in [0.25, 0.3) is 0 Å². The lowest BCUT2D eigenvalue weighted by molar-refractivity contribution is -0.141. The maximum Gasteiger partial charge on any atom is 0.243 e. The molecule has 0 aromatic heterocycles. The molecule has 9 heteroatoms. The van der Waals surface area contributed by atoms with Gasteiger partial charge in [0.15, 0.2) is 0 Å². The molecule has 0 aliphatic carbocycles. The van der Waals surface area contributed by atoms with Crippen molar-refractivity contribution in [2.24, 2.45) is 5.92 Å². The summed E-state index contributed by atoms with van der Waals surface area (Å²) in [6, 6.07) is 23.4. The van der Waals surface area contributed by atoms with Crippen LogP contribution in [0.15, 0.2) is 78.9 Å². The van der Waals surface area contributed by atoms with Gasteiger partial charge in [-0.2, -0.15) is 0 Å². The monoisotopic (exact) mass is 597 g/mol. The molecular formula is C32H40ClN3O4S. The fourth-order valence-corrected chi connectivity index (χ4v) is 5.69. The summed E-state index contributed by atoms with van der Waals surface area (Å²) in [5, 5.41) is 3.53. The van der Waals surface area contributed by atoms with E-state index in [1.165, 1.54) is 4.31 Å². The van der Waals surface area contributed by atoms with Crippen LogP contribution in [0.3, 0.4) is 0 Å². The highest BCUT2D eigenvalue weighted by Gasteiger charge is 2.30. The van der Waals surface area contributed by atoms with Crippen molar-refractivity contribution in [3.05, 3.63) is 101 Å². The van der Waals surface area contributed by atoms with Gasteiger partial charge in [-0.05, 0) is 54.7 Å². The third-order valence-corrected chi connectivity index (χ3v) is 8.10. The zero-order chi connectivity index (χ0) is 30.0. The van der Waals surface area contributed by atoms with Crippen LogP contribution in [-0.4, -0.2) is 50.5 Å². The predicted octanol–water partition coefficient (Wildman–Crippen LogP) is 5.61. The van der Waals surface area contributed by atoms with Gasteiger partial charge >= 0.3 is 0 Å². The molecule has 3 aromatic rings. The highest BCUT2D eigenvalue weighted by atomic mass is 35.5. The van der Waals surface area contributed by atoms with Crippen molar-refractivity contribution in [1.82, 2.24) is 10.2 Å². The summed E-state index contributed by atoms with van der Waals surface area (Å²) in [6.45, 7) is 6.92. The summed E-state index contributed by atoms with van der Waals surface area (Å²) < 4.78 is 26.4. The largest absolute Gasteiger partial charge is 0.354 e. The second-order valence-corrected chi connectivity index (χ2v) is 13.1. The Labute approximate surface area is 249 Å². The van der Waals surface area contributed by atoms with Crippen LogP contribution in [0.25, 0.3) is 0 Å². The lowest BCUT2D eigenvalue weighted by Crippen LogP contribution is -2.51. The summed E-state index contributed by atoms with van der Waals surface area (Å²) in [6.07, 6.45) is 1.86. The fraction of sp³-hybridized carbons (Fsp3) is 0.375. The first-order chi connectivity index (χ1) is 19.4. The SMILES string of the molecule is Cc1cccc(CN(C(=O)CCCN(c2ccc(Cl)cc2)S(C)(=O)=O)[C@H](Cc2ccccc2)C(=O)NCC(C)C)c1. The van der Waals surface area contributed by atoms with E-state index in [1.807, 2.05) is 75.4 Å². The van der Waals surface area contributed by atoms with Gasteiger partial charge < -0.3 is 10.2 Å². The summed E-state index contributed by atoms with van der Waals surface area (Å²) in [5.74, 6) is -0.161. The Bertz CT molecular complexity index is 1400. The molecule has 1 atom stereocenters. The van der Waals surface area contributed by atoms with Crippen molar-refractivity contribution in [3.8, 4) is 0 Å². The number of benzene rings is 3. The molecule has 0 aliphatic heterocycles. The fourth-order valence-electron chi connectivity index (χ4n) is 4.59. The zero-order valence-corrected chi connectivity index (χ0v) is 25.8. The lowest BCUT2D eigenvalue weighted by atomic mass is 10.0. The molecule has 3 rings (SSSR count). The molecule has 0 fully saturated rings. The van der Waals surface area contributed by atoms with Crippen molar-refractivity contribution >= 4 is 39.1 Å². The normalized spacial score (nSPS) is 12.1. The molecule has 0 unspecified atom stereocenters. The van der Waals surface area contributed by atoms with E-state index in [-0.39, 0.29) is 43.7 Å². The van der Waals surface area contributed by atoms with Crippen LogP contribution in [0.1, 0.15) is 43.4 Å². The first-order valence-corrected chi connectivity index (χ1v) is 16.1. The Morgan fingerprint density at radius 3 is 2.20 bits per heavy atom. The van der Waals surface area contributed by atoms with Crippen LogP contribution in [0.5, 0.6) is 0 Å². The van der Waals surface area contributed by atoms with Crippen molar-refractivity contribution < 1.29 is 18.0 Å². The molecule has 0 heterocycles. The number of hydrogen-bond acceptors (Lipinski definition) is 4. The Hall–Kier alpha value is -3.36. The maximum atomic E-state index is 13.9. The number of amides is 2. The summed E-state index contributed by atoms with van der Waals surface area (Å²) in [5.41, 5.74) is 3.42. The van der Waals surface area contributed by atoms with E-state index in [0.29, 0.717) is 23.7 Å². The van der Waals surface area contributed by atoms with E-state index in [4.69, 9.17) is 11.6 Å². The smallest absolute Gasteiger partial charge is 0.243 e. The summed E-state index contributed by atoms with van der Waals surface area (Å²) >= 11 is 5.99. The standard InChI is InChI=1S/C32H40ClN3O4S/c1-24(2)22-34-32(38)30(21-26-11-6-5-7-12-26)35(23-27-13-8-10-25(3)20-27)31(37)14-9-19-36(41(4,39)40)29-17-15-28(33)16-18-29/h5-8,10-13,15-18,20,24,30H,9,14,19,21-23H2,1-4H3,(H,34,38)/t30-/m1/s1. The summed E-state index contributed by atoms with van der Waals surface area (Å²) in [4.78, 5) is 29.1. The molecule has 0 radical (unpaired) electrons. The van der Waals surface area contributed by atoms with Crippen LogP contribution in [0.4, 0.5) is 5.69 Å². The average Bonchev–Trinajstić information content (AvgIpc) is 2.92. The molecule has 0 bridgehead atoms. The molecular weight excluding hydrogens is 558 g/mol. The van der Waals surface area contributed by atoms with Gasteiger partial charge in [-0.1, -0.05) is 85.6 Å². The minimum atomic E-state index is -3.59. The third-order valence-electron chi connectivity index (χ3n) is 6.66. The zero-order valence-electron chi connectivity index (χ0n) is 24.2. The van der Waals surface area contributed by atoms with Crippen molar-refractivity contribution in [2.75, 3.05) is 23.7 Å². The van der Waals surface area contributed by atoms with Crippen LogP contribution >= 0.6 is 11.6 Å². The van der Waals surface area contributed by atoms with E-state index in [2.05, 4.69) is 5.32 Å². The first kappa shape index (κ1) is 32.2. The molecule has 0 aliphatic rings. The number of hydrogen-bond donors (Lipinski definition) is 1. The predicted molar refractivity (Wildman–Crippen MR) is 166 cm³/mol. The van der Waals surface area contributed by atoms with Crippen molar-refractivity contribution in [3.63, 3.8) is 0 Å². The Morgan fingerprint density at radius 1 is 0.927 bits per heavy atom. The molecule has 0 saturated carbocycles.